The van der Waals surface area contributed by atoms with Gasteiger partial charge in [-0.25, -0.2) is 4.98 Å². The summed E-state index contributed by atoms with van der Waals surface area (Å²) >= 11 is 0. The lowest BCUT2D eigenvalue weighted by Crippen LogP contribution is -2.33. The van der Waals surface area contributed by atoms with Gasteiger partial charge in [0.2, 0.25) is 5.89 Å². The molecule has 0 atom stereocenters. The number of piperidine rings is 1. The van der Waals surface area contributed by atoms with E-state index in [2.05, 4.69) is 25.2 Å². The number of aromatic nitrogens is 5. The molecule has 0 bridgehead atoms. The third kappa shape index (κ3) is 2.84. The van der Waals surface area contributed by atoms with Crippen molar-refractivity contribution < 1.29 is 4.42 Å². The summed E-state index contributed by atoms with van der Waals surface area (Å²) in [7, 11) is 0. The Balaban J connectivity index is 1.45. The van der Waals surface area contributed by atoms with Gasteiger partial charge in [0.1, 0.15) is 5.76 Å². The summed E-state index contributed by atoms with van der Waals surface area (Å²) < 4.78 is 7.46. The van der Waals surface area contributed by atoms with Crippen molar-refractivity contribution in [2.75, 3.05) is 13.1 Å². The van der Waals surface area contributed by atoms with Crippen LogP contribution in [0, 0.1) is 13.8 Å². The van der Waals surface area contributed by atoms with E-state index in [0.717, 1.165) is 61.3 Å². The zero-order valence-electron chi connectivity index (χ0n) is 13.4. The van der Waals surface area contributed by atoms with Crippen molar-refractivity contribution in [2.45, 2.75) is 39.2 Å². The van der Waals surface area contributed by atoms with Crippen LogP contribution in [0.15, 0.2) is 22.7 Å². The van der Waals surface area contributed by atoms with Crippen molar-refractivity contribution in [3.8, 4) is 0 Å². The molecule has 4 rings (SSSR count). The van der Waals surface area contributed by atoms with E-state index in [1.807, 2.05) is 30.5 Å². The Morgan fingerprint density at radius 2 is 2.00 bits per heavy atom. The quantitative estimate of drug-likeness (QED) is 0.737. The van der Waals surface area contributed by atoms with Crippen LogP contribution >= 0.6 is 0 Å². The molecule has 0 aliphatic carbocycles. The molecule has 1 saturated heterocycles. The zero-order chi connectivity index (χ0) is 15.8. The van der Waals surface area contributed by atoms with Crippen LogP contribution in [0.2, 0.25) is 0 Å². The molecule has 0 radical (unpaired) electrons. The van der Waals surface area contributed by atoms with Crippen molar-refractivity contribution in [1.82, 2.24) is 29.7 Å². The van der Waals surface area contributed by atoms with Crippen LogP contribution in [0.4, 0.5) is 0 Å². The molecule has 1 aliphatic rings. The summed E-state index contributed by atoms with van der Waals surface area (Å²) in [6.45, 7) is 6.70. The van der Waals surface area contributed by atoms with Crippen LogP contribution < -0.4 is 0 Å². The van der Waals surface area contributed by atoms with Crippen molar-refractivity contribution in [1.29, 1.82) is 0 Å². The highest BCUT2D eigenvalue weighted by molar-refractivity contribution is 5.36. The molecule has 0 spiro atoms. The van der Waals surface area contributed by atoms with Gasteiger partial charge in [-0.2, -0.15) is 9.61 Å². The minimum absolute atomic E-state index is 0.404. The molecule has 3 aromatic heterocycles. The summed E-state index contributed by atoms with van der Waals surface area (Å²) in [6.07, 6.45) is 3.88. The lowest BCUT2D eigenvalue weighted by atomic mass is 9.96. The SMILES string of the molecule is Cc1ccc2nnc(C3CCN(Cc4ncc(C)o4)CC3)n2n1. The number of hydrogen-bond donors (Lipinski definition) is 0. The molecule has 7 nitrogen and oxygen atoms in total. The van der Waals surface area contributed by atoms with Gasteiger partial charge in [-0.15, -0.1) is 10.2 Å². The van der Waals surface area contributed by atoms with Gasteiger partial charge in [-0.1, -0.05) is 0 Å². The summed E-state index contributed by atoms with van der Waals surface area (Å²) in [5, 5.41) is 13.2. The molecular weight excluding hydrogens is 292 g/mol. The van der Waals surface area contributed by atoms with Crippen LogP contribution in [0.1, 0.15) is 41.9 Å². The highest BCUT2D eigenvalue weighted by Crippen LogP contribution is 2.27. The van der Waals surface area contributed by atoms with E-state index in [1.54, 1.807) is 6.20 Å². The number of likely N-dealkylation sites (tertiary alicyclic amines) is 1. The number of fused-ring (bicyclic) bond motifs is 1. The summed E-state index contributed by atoms with van der Waals surface area (Å²) in [4.78, 5) is 6.66. The molecule has 0 unspecified atom stereocenters. The molecule has 0 N–H and O–H groups in total. The average molecular weight is 312 g/mol. The van der Waals surface area contributed by atoms with Crippen LogP contribution in [0.5, 0.6) is 0 Å². The van der Waals surface area contributed by atoms with E-state index in [0.29, 0.717) is 5.92 Å². The standard InChI is InChI=1S/C16H20N6O/c1-11-3-4-14-18-19-16(22(14)20-11)13-5-7-21(8-6-13)10-15-17-9-12(2)23-15/h3-4,9,13H,5-8,10H2,1-2H3. The van der Waals surface area contributed by atoms with Gasteiger partial charge in [0, 0.05) is 5.92 Å². The third-order valence-corrected chi connectivity index (χ3v) is 4.40. The monoisotopic (exact) mass is 312 g/mol. The highest BCUT2D eigenvalue weighted by Gasteiger charge is 2.25. The van der Waals surface area contributed by atoms with Crippen LogP contribution in [-0.4, -0.2) is 42.8 Å². The van der Waals surface area contributed by atoms with E-state index in [1.165, 1.54) is 0 Å². The second-order valence-electron chi connectivity index (χ2n) is 6.22. The minimum atomic E-state index is 0.404. The molecule has 3 aromatic rings. The van der Waals surface area contributed by atoms with Gasteiger partial charge in [-0.3, -0.25) is 4.90 Å². The van der Waals surface area contributed by atoms with E-state index >= 15 is 0 Å². The van der Waals surface area contributed by atoms with Crippen LogP contribution in [0.3, 0.4) is 0 Å². The van der Waals surface area contributed by atoms with E-state index in [4.69, 9.17) is 4.42 Å². The lowest BCUT2D eigenvalue weighted by molar-refractivity contribution is 0.183. The molecule has 1 aliphatic heterocycles. The molecule has 0 amide bonds. The van der Waals surface area contributed by atoms with Gasteiger partial charge in [0.15, 0.2) is 11.5 Å². The lowest BCUT2D eigenvalue weighted by Gasteiger charge is -2.29. The summed E-state index contributed by atoms with van der Waals surface area (Å²) in [5.41, 5.74) is 1.80. The second-order valence-corrected chi connectivity index (χ2v) is 6.22. The largest absolute Gasteiger partial charge is 0.445 e. The second kappa shape index (κ2) is 5.73. The minimum Gasteiger partial charge on any atom is -0.445 e. The molecule has 0 aromatic carbocycles. The van der Waals surface area contributed by atoms with Crippen LogP contribution in [0.25, 0.3) is 5.65 Å². The molecule has 7 heteroatoms. The van der Waals surface area contributed by atoms with Crippen LogP contribution in [-0.2, 0) is 6.54 Å². The molecular formula is C16H20N6O. The normalized spacial score (nSPS) is 17.1. The average Bonchev–Trinajstić information content (AvgIpc) is 3.14. The summed E-state index contributed by atoms with van der Waals surface area (Å²) in [6, 6.07) is 3.94. The maximum atomic E-state index is 5.57. The predicted molar refractivity (Wildman–Crippen MR) is 84.0 cm³/mol. The van der Waals surface area contributed by atoms with Crippen molar-refractivity contribution >= 4 is 5.65 Å². The Hall–Kier alpha value is -2.28. The smallest absolute Gasteiger partial charge is 0.208 e. The fourth-order valence-corrected chi connectivity index (χ4v) is 3.17. The molecule has 23 heavy (non-hydrogen) atoms. The van der Waals surface area contributed by atoms with E-state index in [-0.39, 0.29) is 0 Å². The number of nitrogens with zero attached hydrogens (tertiary/aromatic N) is 6. The topological polar surface area (TPSA) is 72.4 Å². The fourth-order valence-electron chi connectivity index (χ4n) is 3.17. The van der Waals surface area contributed by atoms with Gasteiger partial charge in [-0.05, 0) is 51.9 Å². The van der Waals surface area contributed by atoms with Gasteiger partial charge < -0.3 is 4.42 Å². The Bertz CT molecular complexity index is 815. The number of aryl methyl sites for hydroxylation is 2. The number of oxazole rings is 1. The van der Waals surface area contributed by atoms with E-state index in [9.17, 15) is 0 Å². The Kier molecular flexibility index (Phi) is 3.57. The molecule has 1 fully saturated rings. The molecule has 4 heterocycles. The number of rotatable bonds is 3. The fraction of sp³-hybridized carbons (Fsp3) is 0.500. The van der Waals surface area contributed by atoms with E-state index < -0.39 is 0 Å². The first-order valence-electron chi connectivity index (χ1n) is 8.01. The van der Waals surface area contributed by atoms with Gasteiger partial charge in [0.05, 0.1) is 18.4 Å². The molecule has 0 saturated carbocycles. The predicted octanol–water partition coefficient (Wildman–Crippen LogP) is 2.11. The highest BCUT2D eigenvalue weighted by atomic mass is 16.4. The zero-order valence-corrected chi connectivity index (χ0v) is 13.4. The van der Waals surface area contributed by atoms with Crippen molar-refractivity contribution in [3.05, 3.63) is 41.5 Å². The van der Waals surface area contributed by atoms with Crippen molar-refractivity contribution in [3.63, 3.8) is 0 Å². The first-order chi connectivity index (χ1) is 11.2. The summed E-state index contributed by atoms with van der Waals surface area (Å²) in [5.74, 6) is 3.05. The first-order valence-corrected chi connectivity index (χ1v) is 8.01. The third-order valence-electron chi connectivity index (χ3n) is 4.40. The number of hydrogen-bond acceptors (Lipinski definition) is 6. The van der Waals surface area contributed by atoms with Gasteiger partial charge in [0.25, 0.3) is 0 Å². The van der Waals surface area contributed by atoms with Gasteiger partial charge >= 0.3 is 0 Å². The maximum Gasteiger partial charge on any atom is 0.208 e. The Morgan fingerprint density at radius 1 is 1.17 bits per heavy atom. The Morgan fingerprint density at radius 3 is 2.74 bits per heavy atom. The first kappa shape index (κ1) is 14.3. The van der Waals surface area contributed by atoms with Crippen molar-refractivity contribution in [2.24, 2.45) is 0 Å². The maximum absolute atomic E-state index is 5.57. The molecule has 120 valence electrons. The Labute approximate surface area is 134 Å².